The van der Waals surface area contributed by atoms with E-state index in [0.717, 1.165) is 24.2 Å². The van der Waals surface area contributed by atoms with Gasteiger partial charge >= 0.3 is 0 Å². The predicted molar refractivity (Wildman–Crippen MR) is 76.4 cm³/mol. The maximum Gasteiger partial charge on any atom is 0.231 e. The van der Waals surface area contributed by atoms with Crippen molar-refractivity contribution < 1.29 is 19.3 Å². The number of ether oxygens (including phenoxy) is 3. The molecule has 2 rings (SSSR count). The molecule has 1 aliphatic heterocycles. The van der Waals surface area contributed by atoms with E-state index in [0.29, 0.717) is 18.0 Å². The number of rotatable bonds is 7. The minimum absolute atomic E-state index is 0.0711. The third-order valence-corrected chi connectivity index (χ3v) is 3.88. The molecule has 2 N–H and O–H groups in total. The Labute approximate surface area is 119 Å². The van der Waals surface area contributed by atoms with Gasteiger partial charge < -0.3 is 24.6 Å². The Morgan fingerprint density at radius 2 is 2.20 bits per heavy atom. The standard InChI is InChI=1S/C15H23NO4/c1-4-15(2,5-6-17)16-9-11-7-12(18-3)14-13(8-11)19-10-20-14/h7-8,16-17H,4-6,9-10H2,1-3H3. The number of nitrogens with one attached hydrogen (secondary N) is 1. The van der Waals surface area contributed by atoms with Gasteiger partial charge in [-0.3, -0.25) is 0 Å². The highest BCUT2D eigenvalue weighted by molar-refractivity contribution is 5.55. The highest BCUT2D eigenvalue weighted by atomic mass is 16.7. The van der Waals surface area contributed by atoms with Gasteiger partial charge in [-0.1, -0.05) is 6.92 Å². The Kier molecular flexibility index (Phi) is 4.73. The Balaban J connectivity index is 2.10. The molecule has 0 fully saturated rings. The Morgan fingerprint density at radius 3 is 2.85 bits per heavy atom. The molecular formula is C15H23NO4. The van der Waals surface area contributed by atoms with Crippen LogP contribution in [0.15, 0.2) is 12.1 Å². The summed E-state index contributed by atoms with van der Waals surface area (Å²) in [6.07, 6.45) is 1.68. The van der Waals surface area contributed by atoms with Crippen LogP contribution in [0.5, 0.6) is 17.2 Å². The summed E-state index contributed by atoms with van der Waals surface area (Å²) in [6, 6.07) is 3.92. The molecule has 0 saturated heterocycles. The van der Waals surface area contributed by atoms with E-state index < -0.39 is 0 Å². The minimum atomic E-state index is -0.0711. The van der Waals surface area contributed by atoms with Crippen molar-refractivity contribution in [1.82, 2.24) is 5.32 Å². The lowest BCUT2D eigenvalue weighted by Gasteiger charge is -2.29. The summed E-state index contributed by atoms with van der Waals surface area (Å²) in [5.74, 6) is 2.09. The summed E-state index contributed by atoms with van der Waals surface area (Å²) in [7, 11) is 1.62. The largest absolute Gasteiger partial charge is 0.493 e. The molecule has 1 aromatic rings. The number of benzene rings is 1. The lowest BCUT2D eigenvalue weighted by atomic mass is 9.94. The SMILES string of the molecule is CCC(C)(CCO)NCc1cc(OC)c2c(c1)OCO2. The van der Waals surface area contributed by atoms with Crippen LogP contribution in [0.4, 0.5) is 0 Å². The van der Waals surface area contributed by atoms with Crippen molar-refractivity contribution >= 4 is 0 Å². The summed E-state index contributed by atoms with van der Waals surface area (Å²) >= 11 is 0. The number of methoxy groups -OCH3 is 1. The van der Waals surface area contributed by atoms with Gasteiger partial charge in [0, 0.05) is 18.7 Å². The Morgan fingerprint density at radius 1 is 1.40 bits per heavy atom. The fraction of sp³-hybridized carbons (Fsp3) is 0.600. The van der Waals surface area contributed by atoms with Crippen molar-refractivity contribution in [1.29, 1.82) is 0 Å². The molecule has 5 nitrogen and oxygen atoms in total. The van der Waals surface area contributed by atoms with Crippen molar-refractivity contribution in [3.8, 4) is 17.2 Å². The van der Waals surface area contributed by atoms with Crippen molar-refractivity contribution in [2.45, 2.75) is 38.8 Å². The summed E-state index contributed by atoms with van der Waals surface area (Å²) in [5.41, 5.74) is 1.00. The first kappa shape index (κ1) is 14.9. The Bertz CT molecular complexity index is 463. The molecule has 0 radical (unpaired) electrons. The maximum absolute atomic E-state index is 9.14. The average Bonchev–Trinajstić information content (AvgIpc) is 2.93. The molecule has 0 bridgehead atoms. The van der Waals surface area contributed by atoms with Gasteiger partial charge in [0.05, 0.1) is 7.11 Å². The average molecular weight is 281 g/mol. The zero-order chi connectivity index (χ0) is 14.6. The van der Waals surface area contributed by atoms with Gasteiger partial charge in [-0.2, -0.15) is 0 Å². The zero-order valence-electron chi connectivity index (χ0n) is 12.4. The van der Waals surface area contributed by atoms with Crippen LogP contribution in [-0.2, 0) is 6.54 Å². The van der Waals surface area contributed by atoms with Crippen LogP contribution in [0.3, 0.4) is 0 Å². The van der Waals surface area contributed by atoms with E-state index in [1.807, 2.05) is 12.1 Å². The van der Waals surface area contributed by atoms with Gasteiger partial charge in [0.1, 0.15) is 0 Å². The molecule has 1 aliphatic rings. The second-order valence-corrected chi connectivity index (χ2v) is 5.27. The van der Waals surface area contributed by atoms with Crippen molar-refractivity contribution in [2.75, 3.05) is 20.5 Å². The smallest absolute Gasteiger partial charge is 0.231 e. The minimum Gasteiger partial charge on any atom is -0.493 e. The fourth-order valence-electron chi connectivity index (χ4n) is 2.24. The second kappa shape index (κ2) is 6.33. The lowest BCUT2D eigenvalue weighted by Crippen LogP contribution is -2.42. The van der Waals surface area contributed by atoms with E-state index in [4.69, 9.17) is 19.3 Å². The molecule has 112 valence electrons. The van der Waals surface area contributed by atoms with Crippen molar-refractivity contribution in [2.24, 2.45) is 0 Å². The van der Waals surface area contributed by atoms with Crippen LogP contribution in [-0.4, -0.2) is 31.2 Å². The number of aliphatic hydroxyl groups is 1. The molecule has 0 amide bonds. The third-order valence-electron chi connectivity index (χ3n) is 3.88. The molecule has 20 heavy (non-hydrogen) atoms. The van der Waals surface area contributed by atoms with E-state index in [2.05, 4.69) is 19.2 Å². The van der Waals surface area contributed by atoms with Crippen LogP contribution in [0, 0.1) is 0 Å². The van der Waals surface area contributed by atoms with Crippen LogP contribution >= 0.6 is 0 Å². The molecule has 5 heteroatoms. The molecule has 1 unspecified atom stereocenters. The van der Waals surface area contributed by atoms with Gasteiger partial charge in [0.2, 0.25) is 12.5 Å². The summed E-state index contributed by atoms with van der Waals surface area (Å²) < 4.78 is 16.1. The molecule has 0 saturated carbocycles. The molecule has 1 heterocycles. The van der Waals surface area contributed by atoms with Crippen LogP contribution in [0.25, 0.3) is 0 Å². The predicted octanol–water partition coefficient (Wildman–Crippen LogP) is 2.06. The highest BCUT2D eigenvalue weighted by Crippen LogP contribution is 2.41. The third kappa shape index (κ3) is 3.16. The second-order valence-electron chi connectivity index (χ2n) is 5.27. The number of hydrogen-bond donors (Lipinski definition) is 2. The first-order chi connectivity index (χ1) is 9.61. The topological polar surface area (TPSA) is 60.0 Å². The molecular weight excluding hydrogens is 258 g/mol. The number of fused-ring (bicyclic) bond motifs is 1. The van der Waals surface area contributed by atoms with Crippen LogP contribution in [0.1, 0.15) is 32.3 Å². The van der Waals surface area contributed by atoms with E-state index in [1.165, 1.54) is 0 Å². The first-order valence-electron chi connectivity index (χ1n) is 6.94. The number of hydrogen-bond acceptors (Lipinski definition) is 5. The van der Waals surface area contributed by atoms with E-state index in [-0.39, 0.29) is 18.9 Å². The van der Waals surface area contributed by atoms with Crippen molar-refractivity contribution in [3.05, 3.63) is 17.7 Å². The lowest BCUT2D eigenvalue weighted by molar-refractivity contribution is 0.171. The van der Waals surface area contributed by atoms with Gasteiger partial charge in [0.15, 0.2) is 11.5 Å². The molecule has 1 atom stereocenters. The highest BCUT2D eigenvalue weighted by Gasteiger charge is 2.23. The summed E-state index contributed by atoms with van der Waals surface area (Å²) in [6.45, 7) is 5.34. The maximum atomic E-state index is 9.14. The summed E-state index contributed by atoms with van der Waals surface area (Å²) in [5, 5.41) is 12.6. The molecule has 0 aliphatic carbocycles. The zero-order valence-corrected chi connectivity index (χ0v) is 12.4. The van der Waals surface area contributed by atoms with E-state index in [1.54, 1.807) is 7.11 Å². The Hall–Kier alpha value is -1.46. The monoisotopic (exact) mass is 281 g/mol. The van der Waals surface area contributed by atoms with Gasteiger partial charge in [-0.05, 0) is 37.5 Å². The molecule has 1 aromatic carbocycles. The van der Waals surface area contributed by atoms with Crippen molar-refractivity contribution in [3.63, 3.8) is 0 Å². The molecule has 0 aromatic heterocycles. The number of aliphatic hydroxyl groups excluding tert-OH is 1. The van der Waals surface area contributed by atoms with Gasteiger partial charge in [0.25, 0.3) is 0 Å². The van der Waals surface area contributed by atoms with E-state index in [9.17, 15) is 0 Å². The normalized spacial score (nSPS) is 16.0. The quantitative estimate of drug-likeness (QED) is 0.801. The first-order valence-corrected chi connectivity index (χ1v) is 6.94. The molecule has 0 spiro atoms. The van der Waals surface area contributed by atoms with Gasteiger partial charge in [-0.25, -0.2) is 0 Å². The van der Waals surface area contributed by atoms with E-state index >= 15 is 0 Å². The fourth-order valence-corrected chi connectivity index (χ4v) is 2.24. The van der Waals surface area contributed by atoms with Crippen LogP contribution in [0.2, 0.25) is 0 Å². The van der Waals surface area contributed by atoms with Gasteiger partial charge in [-0.15, -0.1) is 0 Å². The van der Waals surface area contributed by atoms with Crippen LogP contribution < -0.4 is 19.5 Å². The summed E-state index contributed by atoms with van der Waals surface area (Å²) in [4.78, 5) is 0.